The topological polar surface area (TPSA) is 93.1 Å². The van der Waals surface area contributed by atoms with Crippen LogP contribution in [-0.4, -0.2) is 46.1 Å². The van der Waals surface area contributed by atoms with Gasteiger partial charge in [-0.1, -0.05) is 20.4 Å². The summed E-state index contributed by atoms with van der Waals surface area (Å²) in [6.45, 7) is 8.78. The molecule has 1 saturated heterocycles. The lowest BCUT2D eigenvalue weighted by atomic mass is 9.50. The predicted molar refractivity (Wildman–Crippen MR) is 80.1 cm³/mol. The predicted octanol–water partition coefficient (Wildman–Crippen LogP) is 0.948. The van der Waals surface area contributed by atoms with E-state index in [2.05, 4.69) is 6.58 Å². The second-order valence-electron chi connectivity index (χ2n) is 7.42. The minimum atomic E-state index is -1.51. The summed E-state index contributed by atoms with van der Waals surface area (Å²) in [6, 6.07) is 0. The van der Waals surface area contributed by atoms with E-state index in [0.717, 1.165) is 0 Å². The van der Waals surface area contributed by atoms with Crippen LogP contribution in [-0.2, 0) is 19.1 Å². The Balaban J connectivity index is 2.10. The molecule has 0 aromatic carbocycles. The summed E-state index contributed by atoms with van der Waals surface area (Å²) in [5.41, 5.74) is -1.91. The smallest absolute Gasteiger partial charge is 0.309 e. The SMILES string of the molecule is C=C1CC[C@@H](O)[C@]2(C)C[C@H](OC(C)=O)[C@H]3[C@H](C)C(=O)O[C@@H]3[C@@]12O. The summed E-state index contributed by atoms with van der Waals surface area (Å²) in [5, 5.41) is 22.0. The zero-order chi connectivity index (χ0) is 17.2. The summed E-state index contributed by atoms with van der Waals surface area (Å²) in [7, 11) is 0. The number of esters is 2. The van der Waals surface area contributed by atoms with Crippen LogP contribution in [0.15, 0.2) is 12.2 Å². The van der Waals surface area contributed by atoms with Gasteiger partial charge < -0.3 is 19.7 Å². The van der Waals surface area contributed by atoms with Crippen LogP contribution in [0, 0.1) is 17.3 Å². The highest BCUT2D eigenvalue weighted by molar-refractivity contribution is 5.76. The minimum Gasteiger partial charge on any atom is -0.462 e. The van der Waals surface area contributed by atoms with E-state index in [-0.39, 0.29) is 6.42 Å². The number of carbonyl (C=O) groups excluding carboxylic acids is 2. The average Bonchev–Trinajstić information content (AvgIpc) is 2.76. The van der Waals surface area contributed by atoms with Gasteiger partial charge in [-0.25, -0.2) is 0 Å². The number of hydrogen-bond acceptors (Lipinski definition) is 6. The quantitative estimate of drug-likeness (QED) is 0.551. The third kappa shape index (κ3) is 2.01. The molecular weight excluding hydrogens is 300 g/mol. The highest BCUT2D eigenvalue weighted by Gasteiger charge is 2.70. The minimum absolute atomic E-state index is 0.269. The van der Waals surface area contributed by atoms with Gasteiger partial charge in [0.15, 0.2) is 0 Å². The summed E-state index contributed by atoms with van der Waals surface area (Å²) in [5.74, 6) is -1.78. The number of rotatable bonds is 1. The second kappa shape index (κ2) is 5.05. The van der Waals surface area contributed by atoms with Gasteiger partial charge in [-0.05, 0) is 24.8 Å². The Morgan fingerprint density at radius 1 is 1.48 bits per heavy atom. The third-order valence-corrected chi connectivity index (χ3v) is 6.19. The molecule has 0 unspecified atom stereocenters. The standard InChI is InChI=1S/C17H24O6/c1-8-5-6-12(19)16(4)7-11(22-10(3)18)13-9(2)15(20)23-14(13)17(8,16)21/h9,11-14,19,21H,1,5-7H2,2-4H3/t9-,11-,12+,13+,14-,16-,17-/m0/s1. The van der Waals surface area contributed by atoms with Crippen LogP contribution in [0.2, 0.25) is 0 Å². The molecule has 0 bridgehead atoms. The fourth-order valence-corrected chi connectivity index (χ4v) is 4.79. The van der Waals surface area contributed by atoms with E-state index in [1.54, 1.807) is 13.8 Å². The van der Waals surface area contributed by atoms with Gasteiger partial charge >= 0.3 is 11.9 Å². The van der Waals surface area contributed by atoms with Gasteiger partial charge in [-0.3, -0.25) is 9.59 Å². The van der Waals surface area contributed by atoms with E-state index >= 15 is 0 Å². The van der Waals surface area contributed by atoms with Crippen molar-refractivity contribution in [3.05, 3.63) is 12.2 Å². The van der Waals surface area contributed by atoms with E-state index in [1.165, 1.54) is 6.92 Å². The maximum Gasteiger partial charge on any atom is 0.309 e. The Labute approximate surface area is 135 Å². The van der Waals surface area contributed by atoms with Crippen molar-refractivity contribution in [2.75, 3.05) is 0 Å². The van der Waals surface area contributed by atoms with Crippen LogP contribution in [0.3, 0.4) is 0 Å². The van der Waals surface area contributed by atoms with Crippen molar-refractivity contribution >= 4 is 11.9 Å². The molecule has 2 N–H and O–H groups in total. The largest absolute Gasteiger partial charge is 0.462 e. The average molecular weight is 324 g/mol. The van der Waals surface area contributed by atoms with E-state index < -0.39 is 53.1 Å². The fourth-order valence-electron chi connectivity index (χ4n) is 4.79. The van der Waals surface area contributed by atoms with Crippen molar-refractivity contribution in [1.82, 2.24) is 0 Å². The highest BCUT2D eigenvalue weighted by atomic mass is 16.6. The molecule has 128 valence electrons. The molecule has 1 heterocycles. The van der Waals surface area contributed by atoms with E-state index in [1.807, 2.05) is 0 Å². The molecule has 0 radical (unpaired) electrons. The molecule has 1 aliphatic heterocycles. The first-order valence-corrected chi connectivity index (χ1v) is 8.09. The van der Waals surface area contributed by atoms with Crippen LogP contribution in [0.25, 0.3) is 0 Å². The molecule has 6 heteroatoms. The van der Waals surface area contributed by atoms with E-state index in [4.69, 9.17) is 9.47 Å². The molecule has 0 aromatic heterocycles. The Morgan fingerprint density at radius 3 is 2.74 bits per heavy atom. The van der Waals surface area contributed by atoms with E-state index in [0.29, 0.717) is 18.4 Å². The highest BCUT2D eigenvalue weighted by Crippen LogP contribution is 2.60. The summed E-state index contributed by atoms with van der Waals surface area (Å²) in [4.78, 5) is 23.6. The van der Waals surface area contributed by atoms with E-state index in [9.17, 15) is 19.8 Å². The number of hydrogen-bond donors (Lipinski definition) is 2. The van der Waals surface area contributed by atoms with Crippen molar-refractivity contribution in [2.24, 2.45) is 17.3 Å². The van der Waals surface area contributed by atoms with Crippen molar-refractivity contribution in [1.29, 1.82) is 0 Å². The maximum atomic E-state index is 12.1. The molecule has 3 aliphatic rings. The Kier molecular flexibility index (Phi) is 3.61. The monoisotopic (exact) mass is 324 g/mol. The number of aliphatic hydroxyl groups excluding tert-OH is 1. The molecule has 2 saturated carbocycles. The molecule has 23 heavy (non-hydrogen) atoms. The lowest BCUT2D eigenvalue weighted by molar-refractivity contribution is -0.241. The van der Waals surface area contributed by atoms with Crippen LogP contribution in [0.5, 0.6) is 0 Å². The number of ether oxygens (including phenoxy) is 2. The zero-order valence-corrected chi connectivity index (χ0v) is 13.7. The van der Waals surface area contributed by atoms with Gasteiger partial charge in [-0.15, -0.1) is 0 Å². The molecule has 0 aromatic rings. The summed E-state index contributed by atoms with van der Waals surface area (Å²) in [6.07, 6.45) is -0.996. The molecule has 7 atom stereocenters. The van der Waals surface area contributed by atoms with Gasteiger partial charge in [0, 0.05) is 18.3 Å². The molecule has 0 spiro atoms. The van der Waals surface area contributed by atoms with Crippen molar-refractivity contribution in [2.45, 2.75) is 63.9 Å². The number of fused-ring (bicyclic) bond motifs is 3. The molecule has 0 amide bonds. The normalized spacial score (nSPS) is 49.2. The first-order chi connectivity index (χ1) is 10.6. The van der Waals surface area contributed by atoms with Crippen LogP contribution < -0.4 is 0 Å². The zero-order valence-electron chi connectivity index (χ0n) is 13.7. The summed E-state index contributed by atoms with van der Waals surface area (Å²) >= 11 is 0. The molecule has 2 aliphatic carbocycles. The number of aliphatic hydroxyl groups is 2. The van der Waals surface area contributed by atoms with Crippen LogP contribution in [0.4, 0.5) is 0 Å². The third-order valence-electron chi connectivity index (χ3n) is 6.19. The lowest BCUT2D eigenvalue weighted by Gasteiger charge is -2.59. The van der Waals surface area contributed by atoms with Crippen LogP contribution >= 0.6 is 0 Å². The number of carbonyl (C=O) groups is 2. The second-order valence-corrected chi connectivity index (χ2v) is 7.42. The lowest BCUT2D eigenvalue weighted by Crippen LogP contribution is -2.70. The van der Waals surface area contributed by atoms with Gasteiger partial charge in [0.05, 0.1) is 12.0 Å². The Bertz CT molecular complexity index is 571. The molecule has 6 nitrogen and oxygen atoms in total. The van der Waals surface area contributed by atoms with Crippen LogP contribution in [0.1, 0.15) is 40.0 Å². The fraction of sp³-hybridized carbons (Fsp3) is 0.765. The van der Waals surface area contributed by atoms with Gasteiger partial charge in [-0.2, -0.15) is 0 Å². The first-order valence-electron chi connectivity index (χ1n) is 8.09. The molecular formula is C17H24O6. The van der Waals surface area contributed by atoms with Gasteiger partial charge in [0.1, 0.15) is 17.8 Å². The van der Waals surface area contributed by atoms with Crippen molar-refractivity contribution in [3.8, 4) is 0 Å². The molecule has 3 rings (SSSR count). The Morgan fingerprint density at radius 2 is 2.13 bits per heavy atom. The maximum absolute atomic E-state index is 12.1. The van der Waals surface area contributed by atoms with Gasteiger partial charge in [0.25, 0.3) is 0 Å². The van der Waals surface area contributed by atoms with Crippen molar-refractivity contribution in [3.63, 3.8) is 0 Å². The van der Waals surface area contributed by atoms with Gasteiger partial charge in [0.2, 0.25) is 0 Å². The Hall–Kier alpha value is -1.40. The van der Waals surface area contributed by atoms with Crippen molar-refractivity contribution < 1.29 is 29.3 Å². The summed E-state index contributed by atoms with van der Waals surface area (Å²) < 4.78 is 10.9. The molecule has 3 fully saturated rings. The first kappa shape index (κ1) is 16.5.